The zero-order valence-electron chi connectivity index (χ0n) is 14.8. The number of hydrogen-bond acceptors (Lipinski definition) is 3. The summed E-state index contributed by atoms with van der Waals surface area (Å²) in [5, 5.41) is 0. The summed E-state index contributed by atoms with van der Waals surface area (Å²) in [6.45, 7) is 5.79. The van der Waals surface area contributed by atoms with Crippen LogP contribution in [-0.4, -0.2) is 53.3 Å². The fraction of sp³-hybridized carbons (Fsp3) is 0.556. The Kier molecular flexibility index (Phi) is 7.83. The minimum absolute atomic E-state index is 0. The van der Waals surface area contributed by atoms with E-state index in [1.165, 1.54) is 18.2 Å². The van der Waals surface area contributed by atoms with Crippen LogP contribution in [0.25, 0.3) is 0 Å². The molecule has 1 aliphatic heterocycles. The molecule has 0 bridgehead atoms. The molecule has 7 heteroatoms. The molecular weight excluding hydrogens is 345 g/mol. The van der Waals surface area contributed by atoms with Gasteiger partial charge in [-0.05, 0) is 38.0 Å². The van der Waals surface area contributed by atoms with Gasteiger partial charge in [-0.25, -0.2) is 4.39 Å². The molecule has 2 amide bonds. The highest BCUT2D eigenvalue weighted by atomic mass is 35.5. The van der Waals surface area contributed by atoms with Crippen LogP contribution in [0.2, 0.25) is 0 Å². The second-order valence-electron chi connectivity index (χ2n) is 6.62. The van der Waals surface area contributed by atoms with Crippen molar-refractivity contribution in [3.8, 4) is 0 Å². The van der Waals surface area contributed by atoms with E-state index in [4.69, 9.17) is 5.73 Å². The van der Waals surface area contributed by atoms with Gasteiger partial charge in [-0.15, -0.1) is 12.4 Å². The summed E-state index contributed by atoms with van der Waals surface area (Å²) in [6, 6.07) is 5.70. The van der Waals surface area contributed by atoms with Gasteiger partial charge < -0.3 is 15.5 Å². The van der Waals surface area contributed by atoms with Gasteiger partial charge in [0.15, 0.2) is 0 Å². The molecule has 0 saturated carbocycles. The standard InChI is InChI=1S/C18H26FN3O2.ClH/c1-3-8-18(2,20)17(24)22-10-5-9-21(11-12-22)16(23)14-6-4-7-15(19)13-14;/h4,6-7,13H,3,5,8-12,20H2,1-2H3;1H. The summed E-state index contributed by atoms with van der Waals surface area (Å²) in [5.74, 6) is -0.691. The molecule has 1 fully saturated rings. The largest absolute Gasteiger partial charge is 0.339 e. The molecule has 1 atom stereocenters. The summed E-state index contributed by atoms with van der Waals surface area (Å²) >= 11 is 0. The van der Waals surface area contributed by atoms with E-state index < -0.39 is 11.4 Å². The van der Waals surface area contributed by atoms with Crippen molar-refractivity contribution in [2.45, 2.75) is 38.6 Å². The monoisotopic (exact) mass is 371 g/mol. The Labute approximate surface area is 154 Å². The summed E-state index contributed by atoms with van der Waals surface area (Å²) in [6.07, 6.45) is 2.17. The molecule has 25 heavy (non-hydrogen) atoms. The lowest BCUT2D eigenvalue weighted by Gasteiger charge is -2.31. The van der Waals surface area contributed by atoms with E-state index in [-0.39, 0.29) is 24.2 Å². The van der Waals surface area contributed by atoms with Crippen LogP contribution < -0.4 is 5.73 Å². The minimum atomic E-state index is -0.865. The lowest BCUT2D eigenvalue weighted by atomic mass is 9.95. The van der Waals surface area contributed by atoms with E-state index >= 15 is 0 Å². The summed E-state index contributed by atoms with van der Waals surface area (Å²) in [7, 11) is 0. The smallest absolute Gasteiger partial charge is 0.254 e. The molecule has 1 aliphatic rings. The lowest BCUT2D eigenvalue weighted by molar-refractivity contribution is -0.136. The maximum Gasteiger partial charge on any atom is 0.254 e. The second-order valence-corrected chi connectivity index (χ2v) is 6.62. The van der Waals surface area contributed by atoms with Crippen molar-refractivity contribution in [3.05, 3.63) is 35.6 Å². The Morgan fingerprint density at radius 1 is 1.20 bits per heavy atom. The third-order valence-corrected chi connectivity index (χ3v) is 4.40. The van der Waals surface area contributed by atoms with Crippen LogP contribution in [0.3, 0.4) is 0 Å². The number of carbonyl (C=O) groups is 2. The van der Waals surface area contributed by atoms with Crippen LogP contribution in [0.5, 0.6) is 0 Å². The zero-order valence-corrected chi connectivity index (χ0v) is 15.7. The first-order valence-corrected chi connectivity index (χ1v) is 8.48. The van der Waals surface area contributed by atoms with Crippen molar-refractivity contribution in [2.75, 3.05) is 26.2 Å². The fourth-order valence-corrected chi connectivity index (χ4v) is 3.12. The van der Waals surface area contributed by atoms with Crippen LogP contribution in [0.15, 0.2) is 24.3 Å². The first-order valence-electron chi connectivity index (χ1n) is 8.48. The topological polar surface area (TPSA) is 66.6 Å². The summed E-state index contributed by atoms with van der Waals surface area (Å²) < 4.78 is 13.3. The molecule has 0 spiro atoms. The Hall–Kier alpha value is -1.66. The zero-order chi connectivity index (χ0) is 17.7. The van der Waals surface area contributed by atoms with Crippen molar-refractivity contribution < 1.29 is 14.0 Å². The first-order chi connectivity index (χ1) is 11.3. The Morgan fingerprint density at radius 2 is 1.84 bits per heavy atom. The molecular formula is C18H27ClFN3O2. The highest BCUT2D eigenvalue weighted by molar-refractivity contribution is 5.94. The molecule has 0 radical (unpaired) electrons. The molecule has 2 N–H and O–H groups in total. The average molecular weight is 372 g/mol. The summed E-state index contributed by atoms with van der Waals surface area (Å²) in [5.41, 5.74) is 5.61. The number of benzene rings is 1. The van der Waals surface area contributed by atoms with E-state index in [1.54, 1.807) is 22.8 Å². The third-order valence-electron chi connectivity index (χ3n) is 4.40. The van der Waals surface area contributed by atoms with Crippen molar-refractivity contribution in [3.63, 3.8) is 0 Å². The van der Waals surface area contributed by atoms with E-state index in [0.717, 1.165) is 6.42 Å². The highest BCUT2D eigenvalue weighted by Crippen LogP contribution is 2.16. The van der Waals surface area contributed by atoms with Crippen molar-refractivity contribution >= 4 is 24.2 Å². The van der Waals surface area contributed by atoms with Crippen molar-refractivity contribution in [1.82, 2.24) is 9.80 Å². The quantitative estimate of drug-likeness (QED) is 0.884. The van der Waals surface area contributed by atoms with Gasteiger partial charge in [0.1, 0.15) is 5.82 Å². The van der Waals surface area contributed by atoms with Gasteiger partial charge in [-0.2, -0.15) is 0 Å². The molecule has 140 valence electrons. The van der Waals surface area contributed by atoms with Crippen molar-refractivity contribution in [2.24, 2.45) is 5.73 Å². The molecule has 1 aromatic carbocycles. The SMILES string of the molecule is CCCC(C)(N)C(=O)N1CCCN(C(=O)c2cccc(F)c2)CC1.Cl. The average Bonchev–Trinajstić information content (AvgIpc) is 2.79. The van der Waals surface area contributed by atoms with Gasteiger partial charge in [-0.3, -0.25) is 9.59 Å². The lowest BCUT2D eigenvalue weighted by Crippen LogP contribution is -2.54. The molecule has 0 aromatic heterocycles. The highest BCUT2D eigenvalue weighted by Gasteiger charge is 2.33. The van der Waals surface area contributed by atoms with Gasteiger partial charge >= 0.3 is 0 Å². The molecule has 2 rings (SSSR count). The van der Waals surface area contributed by atoms with Gasteiger partial charge in [0.25, 0.3) is 5.91 Å². The number of halogens is 2. The number of nitrogens with two attached hydrogens (primary N) is 1. The minimum Gasteiger partial charge on any atom is -0.339 e. The number of rotatable bonds is 4. The van der Waals surface area contributed by atoms with Crippen molar-refractivity contribution in [1.29, 1.82) is 0 Å². The van der Waals surface area contributed by atoms with Crippen LogP contribution in [0.1, 0.15) is 43.5 Å². The molecule has 1 heterocycles. The van der Waals surface area contributed by atoms with E-state index in [1.807, 2.05) is 6.92 Å². The van der Waals surface area contributed by atoms with Gasteiger partial charge in [-0.1, -0.05) is 19.4 Å². The third kappa shape index (κ3) is 5.41. The normalized spacial score (nSPS) is 17.3. The number of hydrogen-bond donors (Lipinski definition) is 1. The Bertz CT molecular complexity index is 610. The maximum atomic E-state index is 13.3. The second kappa shape index (κ2) is 9.15. The number of carbonyl (C=O) groups excluding carboxylic acids is 2. The van der Waals surface area contributed by atoms with E-state index in [9.17, 15) is 14.0 Å². The predicted octanol–water partition coefficient (Wildman–Crippen LogP) is 2.44. The number of nitrogens with zero attached hydrogens (tertiary/aromatic N) is 2. The number of amides is 2. The van der Waals surface area contributed by atoms with Crippen LogP contribution in [-0.2, 0) is 4.79 Å². The van der Waals surface area contributed by atoms with Gasteiger partial charge in [0.05, 0.1) is 5.54 Å². The van der Waals surface area contributed by atoms with Gasteiger partial charge in [0.2, 0.25) is 5.91 Å². The molecule has 5 nitrogen and oxygen atoms in total. The Morgan fingerprint density at radius 3 is 2.48 bits per heavy atom. The van der Waals surface area contributed by atoms with E-state index in [2.05, 4.69) is 0 Å². The van der Waals surface area contributed by atoms with Crippen LogP contribution in [0, 0.1) is 5.82 Å². The maximum absolute atomic E-state index is 13.3. The molecule has 1 saturated heterocycles. The predicted molar refractivity (Wildman–Crippen MR) is 98.2 cm³/mol. The summed E-state index contributed by atoms with van der Waals surface area (Å²) in [4.78, 5) is 28.5. The first kappa shape index (κ1) is 21.4. The van der Waals surface area contributed by atoms with Gasteiger partial charge in [0, 0.05) is 31.7 Å². The fourth-order valence-electron chi connectivity index (χ4n) is 3.12. The van der Waals surface area contributed by atoms with E-state index in [0.29, 0.717) is 44.6 Å². The molecule has 0 aliphatic carbocycles. The molecule has 1 unspecified atom stereocenters. The van der Waals surface area contributed by atoms with Crippen LogP contribution in [0.4, 0.5) is 4.39 Å². The Balaban J connectivity index is 0.00000312. The van der Waals surface area contributed by atoms with Crippen LogP contribution >= 0.6 is 12.4 Å². The molecule has 1 aromatic rings.